The van der Waals surface area contributed by atoms with Crippen molar-refractivity contribution >= 4 is 23.0 Å². The van der Waals surface area contributed by atoms with Gasteiger partial charge in [0.1, 0.15) is 5.52 Å². The number of fused-ring (bicyclic) bond motifs is 1. The quantitative estimate of drug-likeness (QED) is 0.729. The van der Waals surface area contributed by atoms with Gasteiger partial charge in [0.05, 0.1) is 13.4 Å². The van der Waals surface area contributed by atoms with Crippen molar-refractivity contribution in [2.24, 2.45) is 7.05 Å². The first-order chi connectivity index (χ1) is 7.67. The van der Waals surface area contributed by atoms with E-state index in [9.17, 15) is 4.79 Å². The summed E-state index contributed by atoms with van der Waals surface area (Å²) in [4.78, 5) is 23.6. The fourth-order valence-electron chi connectivity index (χ4n) is 1.36. The molecule has 0 aliphatic heterocycles. The lowest BCUT2D eigenvalue weighted by atomic mass is 10.4. The van der Waals surface area contributed by atoms with Gasteiger partial charge >= 0.3 is 5.97 Å². The van der Waals surface area contributed by atoms with Crippen LogP contribution in [0.15, 0.2) is 6.33 Å². The molecule has 1 N–H and O–H groups in total. The summed E-state index contributed by atoms with van der Waals surface area (Å²) in [7, 11) is 4.79. The Kier molecular flexibility index (Phi) is 2.43. The normalized spacial score (nSPS) is 10.4. The van der Waals surface area contributed by atoms with Gasteiger partial charge < -0.3 is 14.6 Å². The van der Waals surface area contributed by atoms with E-state index in [1.807, 2.05) is 0 Å². The highest BCUT2D eigenvalue weighted by molar-refractivity contribution is 5.91. The van der Waals surface area contributed by atoms with Crippen molar-refractivity contribution in [1.29, 1.82) is 0 Å². The summed E-state index contributed by atoms with van der Waals surface area (Å²) in [5, 5.41) is 2.87. The third-order valence-electron chi connectivity index (χ3n) is 2.16. The molecule has 0 saturated heterocycles. The molecular formula is C9H11N5O2. The molecule has 0 atom stereocenters. The molecule has 0 aliphatic carbocycles. The van der Waals surface area contributed by atoms with E-state index in [0.717, 1.165) is 0 Å². The third-order valence-corrected chi connectivity index (χ3v) is 2.16. The van der Waals surface area contributed by atoms with Gasteiger partial charge in [0, 0.05) is 14.1 Å². The topological polar surface area (TPSA) is 81.9 Å². The number of carbonyl (C=O) groups excluding carboxylic acids is 1. The number of nitrogens with zero attached hydrogens (tertiary/aromatic N) is 4. The molecule has 0 saturated carbocycles. The van der Waals surface area contributed by atoms with E-state index in [4.69, 9.17) is 0 Å². The zero-order valence-electron chi connectivity index (χ0n) is 9.18. The maximum Gasteiger partial charge on any atom is 0.376 e. The highest BCUT2D eigenvalue weighted by Crippen LogP contribution is 2.17. The number of ether oxygens (including phenoxy) is 1. The van der Waals surface area contributed by atoms with Crippen LogP contribution in [-0.4, -0.2) is 39.6 Å². The van der Waals surface area contributed by atoms with Crippen LogP contribution in [0.5, 0.6) is 0 Å². The third kappa shape index (κ3) is 1.46. The lowest BCUT2D eigenvalue weighted by molar-refractivity contribution is 0.0587. The summed E-state index contributed by atoms with van der Waals surface area (Å²) in [5.41, 5.74) is 1.21. The van der Waals surface area contributed by atoms with Crippen LogP contribution in [-0.2, 0) is 11.8 Å². The van der Waals surface area contributed by atoms with E-state index in [-0.39, 0.29) is 5.82 Å². The molecule has 0 bridgehead atoms. The Hall–Kier alpha value is -2.18. The van der Waals surface area contributed by atoms with Crippen LogP contribution in [0, 0.1) is 0 Å². The standard InChI is InChI=1S/C9H11N5O2/c1-10-6-5-8(14(2)4-11-5)13-7(12-6)9(15)16-3/h4H,1-3H3,(H,10,12,13). The summed E-state index contributed by atoms with van der Waals surface area (Å²) in [6.07, 6.45) is 1.61. The lowest BCUT2D eigenvalue weighted by Crippen LogP contribution is -2.10. The highest BCUT2D eigenvalue weighted by atomic mass is 16.5. The molecule has 2 heterocycles. The Morgan fingerprint density at radius 2 is 2.25 bits per heavy atom. The molecule has 7 nitrogen and oxygen atoms in total. The number of methoxy groups -OCH3 is 1. The molecule has 2 aromatic rings. The van der Waals surface area contributed by atoms with Crippen molar-refractivity contribution in [3.8, 4) is 0 Å². The van der Waals surface area contributed by atoms with Gasteiger partial charge in [-0.2, -0.15) is 0 Å². The number of aromatic nitrogens is 4. The zero-order chi connectivity index (χ0) is 11.7. The fraction of sp³-hybridized carbons (Fsp3) is 0.333. The minimum atomic E-state index is -0.570. The Bertz CT molecular complexity index is 548. The molecule has 2 rings (SSSR count). The molecule has 84 valence electrons. The highest BCUT2D eigenvalue weighted by Gasteiger charge is 2.16. The van der Waals surface area contributed by atoms with Gasteiger partial charge in [-0.25, -0.2) is 19.7 Å². The number of nitrogens with one attached hydrogen (secondary N) is 1. The molecule has 0 fully saturated rings. The molecule has 16 heavy (non-hydrogen) atoms. The monoisotopic (exact) mass is 221 g/mol. The number of esters is 1. The van der Waals surface area contributed by atoms with Gasteiger partial charge in [0.15, 0.2) is 11.5 Å². The fourth-order valence-corrected chi connectivity index (χ4v) is 1.36. The van der Waals surface area contributed by atoms with E-state index in [2.05, 4.69) is 25.0 Å². The maximum atomic E-state index is 11.4. The van der Waals surface area contributed by atoms with Crippen LogP contribution >= 0.6 is 0 Å². The van der Waals surface area contributed by atoms with Gasteiger partial charge in [-0.3, -0.25) is 0 Å². The lowest BCUT2D eigenvalue weighted by Gasteiger charge is -2.03. The average Bonchev–Trinajstić information content (AvgIpc) is 2.69. The molecule has 7 heteroatoms. The van der Waals surface area contributed by atoms with Crippen LogP contribution in [0.25, 0.3) is 11.2 Å². The van der Waals surface area contributed by atoms with Gasteiger partial charge in [0.25, 0.3) is 0 Å². The van der Waals surface area contributed by atoms with Crippen LogP contribution in [0.2, 0.25) is 0 Å². The smallest absolute Gasteiger partial charge is 0.376 e. The molecule has 0 aromatic carbocycles. The van der Waals surface area contributed by atoms with Crippen LogP contribution in [0.1, 0.15) is 10.6 Å². The van der Waals surface area contributed by atoms with Gasteiger partial charge in [-0.05, 0) is 0 Å². The van der Waals surface area contributed by atoms with Crippen LogP contribution < -0.4 is 5.32 Å². The van der Waals surface area contributed by atoms with E-state index >= 15 is 0 Å². The summed E-state index contributed by atoms with van der Waals surface area (Å²) in [6.45, 7) is 0. The van der Waals surface area contributed by atoms with Gasteiger partial charge in [0.2, 0.25) is 5.82 Å². The minimum Gasteiger partial charge on any atom is -0.463 e. The molecule has 0 aliphatic rings. The first-order valence-electron chi connectivity index (χ1n) is 4.62. The molecule has 0 amide bonds. The number of carbonyl (C=O) groups is 1. The summed E-state index contributed by atoms with van der Waals surface area (Å²) in [5.74, 6) is -0.0476. The van der Waals surface area contributed by atoms with Crippen molar-refractivity contribution in [2.75, 3.05) is 19.5 Å². The number of aryl methyl sites for hydroxylation is 1. The predicted octanol–water partition coefficient (Wildman–Crippen LogP) is 0.192. The van der Waals surface area contributed by atoms with Crippen molar-refractivity contribution in [3.63, 3.8) is 0 Å². The minimum absolute atomic E-state index is 0.0166. The molecule has 0 unspecified atom stereocenters. The van der Waals surface area contributed by atoms with E-state index < -0.39 is 5.97 Å². The number of anilines is 1. The second-order valence-electron chi connectivity index (χ2n) is 3.17. The molecule has 2 aromatic heterocycles. The number of imidazole rings is 1. The largest absolute Gasteiger partial charge is 0.463 e. The molecule has 0 spiro atoms. The first kappa shape index (κ1) is 10.3. The Labute approximate surface area is 91.5 Å². The van der Waals surface area contributed by atoms with Crippen LogP contribution in [0.3, 0.4) is 0 Å². The van der Waals surface area contributed by atoms with Gasteiger partial charge in [-0.15, -0.1) is 0 Å². The molecular weight excluding hydrogens is 210 g/mol. The van der Waals surface area contributed by atoms with Crippen LogP contribution in [0.4, 0.5) is 5.82 Å². The van der Waals surface area contributed by atoms with Crippen molar-refractivity contribution in [1.82, 2.24) is 19.5 Å². The SMILES string of the molecule is CNc1nc(C(=O)OC)nc2c1ncn2C. The van der Waals surface area contributed by atoms with E-state index in [1.165, 1.54) is 7.11 Å². The zero-order valence-corrected chi connectivity index (χ0v) is 9.18. The van der Waals surface area contributed by atoms with Crippen molar-refractivity contribution < 1.29 is 9.53 Å². The van der Waals surface area contributed by atoms with Crippen molar-refractivity contribution in [2.45, 2.75) is 0 Å². The summed E-state index contributed by atoms with van der Waals surface area (Å²) >= 11 is 0. The summed E-state index contributed by atoms with van der Waals surface area (Å²) < 4.78 is 6.29. The Balaban J connectivity index is 2.70. The van der Waals surface area contributed by atoms with E-state index in [0.29, 0.717) is 17.0 Å². The first-order valence-corrected chi connectivity index (χ1v) is 4.62. The Morgan fingerprint density at radius 3 is 2.88 bits per heavy atom. The second-order valence-corrected chi connectivity index (χ2v) is 3.17. The Morgan fingerprint density at radius 1 is 1.50 bits per heavy atom. The van der Waals surface area contributed by atoms with Crippen molar-refractivity contribution in [3.05, 3.63) is 12.2 Å². The maximum absolute atomic E-state index is 11.4. The number of hydrogen-bond donors (Lipinski definition) is 1. The van der Waals surface area contributed by atoms with E-state index in [1.54, 1.807) is 25.0 Å². The van der Waals surface area contributed by atoms with Gasteiger partial charge in [-0.1, -0.05) is 0 Å². The summed E-state index contributed by atoms with van der Waals surface area (Å²) in [6, 6.07) is 0. The number of rotatable bonds is 2. The second kappa shape index (κ2) is 3.76. The number of hydrogen-bond acceptors (Lipinski definition) is 6. The average molecular weight is 221 g/mol. The predicted molar refractivity (Wildman–Crippen MR) is 57.2 cm³/mol. The molecule has 0 radical (unpaired) electrons.